The molecule has 0 atom stereocenters. The van der Waals surface area contributed by atoms with Gasteiger partial charge in [0.25, 0.3) is 0 Å². The lowest BCUT2D eigenvalue weighted by atomic mass is 9.74. The summed E-state index contributed by atoms with van der Waals surface area (Å²) in [5.74, 6) is 1.92. The first-order valence-corrected chi connectivity index (χ1v) is 21.1. The van der Waals surface area contributed by atoms with Crippen molar-refractivity contribution in [3.63, 3.8) is 0 Å². The molecule has 2 aromatic heterocycles. The van der Waals surface area contributed by atoms with Gasteiger partial charge in [-0.3, -0.25) is 0 Å². The van der Waals surface area contributed by atoms with Crippen LogP contribution in [0.3, 0.4) is 0 Å². The highest BCUT2D eigenvalue weighted by Gasteiger charge is 2.34. The molecule has 10 rings (SSSR count). The van der Waals surface area contributed by atoms with Crippen LogP contribution in [0.5, 0.6) is 0 Å². The molecule has 0 radical (unpaired) electrons. The molecule has 0 amide bonds. The molecule has 0 saturated heterocycles. The Morgan fingerprint density at radius 1 is 0.433 bits per heavy atom. The van der Waals surface area contributed by atoms with Crippen molar-refractivity contribution in [1.82, 2.24) is 19.5 Å². The van der Waals surface area contributed by atoms with E-state index in [1.165, 1.54) is 44.1 Å². The number of hydrogen-bond donors (Lipinski definition) is 0. The van der Waals surface area contributed by atoms with Gasteiger partial charge in [-0.05, 0) is 74.5 Å². The topological polar surface area (TPSA) is 43.6 Å². The summed E-state index contributed by atoms with van der Waals surface area (Å²) in [7, 11) is 0. The van der Waals surface area contributed by atoms with Gasteiger partial charge in [0.15, 0.2) is 17.5 Å². The van der Waals surface area contributed by atoms with Crippen LogP contribution < -0.4 is 0 Å². The van der Waals surface area contributed by atoms with Crippen LogP contribution in [0, 0.1) is 0 Å². The molecule has 60 heavy (non-hydrogen) atoms. The number of fused-ring (bicyclic) bond motifs is 8. The van der Waals surface area contributed by atoms with Gasteiger partial charge in [0, 0.05) is 44.0 Å². The molecule has 7 aromatic carbocycles. The standard InChI is InChI=1S/C56H50N4/c1-54(2,3)40-27-28-48-45(32-40)46-33-42(55(4,5)6)34-47-50(46)60(48)49-43(35-19-12-9-13-20-35)30-39(31-44(49)38-25-18-26-41(29-38)56(47,7)8)53-58-51(36-21-14-10-15-22-36)57-52(59-53)37-23-16-11-17-24-37/h9-34H,1-8H3. The fourth-order valence-corrected chi connectivity index (χ4v) is 8.99. The van der Waals surface area contributed by atoms with E-state index in [9.17, 15) is 0 Å². The fraction of sp³-hybridized carbons (Fsp3) is 0.196. The van der Waals surface area contributed by atoms with Crippen LogP contribution >= 0.6 is 0 Å². The van der Waals surface area contributed by atoms with Gasteiger partial charge in [-0.1, -0.05) is 183 Å². The summed E-state index contributed by atoms with van der Waals surface area (Å²) in [5.41, 5.74) is 15.8. The Morgan fingerprint density at radius 2 is 0.933 bits per heavy atom. The molecule has 1 aliphatic rings. The van der Waals surface area contributed by atoms with Crippen LogP contribution in [0.2, 0.25) is 0 Å². The molecular weight excluding hydrogens is 729 g/mol. The van der Waals surface area contributed by atoms with Crippen LogP contribution in [0.25, 0.3) is 83.9 Å². The maximum atomic E-state index is 5.25. The maximum absolute atomic E-state index is 5.25. The molecule has 0 aliphatic carbocycles. The molecule has 294 valence electrons. The molecule has 9 aromatic rings. The number of aromatic nitrogens is 4. The first kappa shape index (κ1) is 37.6. The third-order valence-electron chi connectivity index (χ3n) is 12.5. The van der Waals surface area contributed by atoms with Crippen molar-refractivity contribution in [3.05, 3.63) is 180 Å². The lowest BCUT2D eigenvalue weighted by molar-refractivity contribution is 0.584. The predicted octanol–water partition coefficient (Wildman–Crippen LogP) is 14.5. The van der Waals surface area contributed by atoms with Crippen molar-refractivity contribution >= 4 is 21.8 Å². The Kier molecular flexibility index (Phi) is 8.59. The molecule has 0 spiro atoms. The van der Waals surface area contributed by atoms with Crippen molar-refractivity contribution in [2.45, 2.75) is 71.6 Å². The zero-order chi connectivity index (χ0) is 41.6. The Balaban J connectivity index is 1.39. The minimum atomic E-state index is -0.324. The Bertz CT molecular complexity index is 3050. The van der Waals surface area contributed by atoms with Crippen LogP contribution in [0.15, 0.2) is 158 Å². The number of hydrogen-bond acceptors (Lipinski definition) is 3. The summed E-state index contributed by atoms with van der Waals surface area (Å²) >= 11 is 0. The van der Waals surface area contributed by atoms with Gasteiger partial charge < -0.3 is 4.57 Å². The highest BCUT2D eigenvalue weighted by atomic mass is 15.0. The molecule has 1 aliphatic heterocycles. The Labute approximate surface area is 353 Å². The number of nitrogens with zero attached hydrogens (tertiary/aromatic N) is 4. The summed E-state index contributed by atoms with van der Waals surface area (Å²) in [6.45, 7) is 18.7. The summed E-state index contributed by atoms with van der Waals surface area (Å²) < 4.78 is 2.59. The Morgan fingerprint density at radius 3 is 1.50 bits per heavy atom. The average Bonchev–Trinajstić information content (AvgIpc) is 3.59. The molecule has 0 unspecified atom stereocenters. The SMILES string of the molecule is CC(C)(C)c1ccc2c(c1)c1cc(C(C)(C)C)cc3c1n2-c1c(-c2ccccc2)cc(-c2nc(-c4ccccc4)nc(-c4ccccc4)n2)cc1-c1cccc(c1)C3(C)C. The van der Waals surface area contributed by atoms with E-state index in [4.69, 9.17) is 15.0 Å². The van der Waals surface area contributed by atoms with Gasteiger partial charge in [-0.2, -0.15) is 0 Å². The van der Waals surface area contributed by atoms with Gasteiger partial charge in [0.05, 0.1) is 16.7 Å². The molecule has 4 heteroatoms. The molecule has 0 fully saturated rings. The smallest absolute Gasteiger partial charge is 0.164 e. The zero-order valence-electron chi connectivity index (χ0n) is 35.8. The average molecular weight is 779 g/mol. The van der Waals surface area contributed by atoms with E-state index < -0.39 is 0 Å². The van der Waals surface area contributed by atoms with Crippen molar-refractivity contribution in [3.8, 4) is 62.1 Å². The van der Waals surface area contributed by atoms with Crippen LogP contribution in [-0.4, -0.2) is 19.5 Å². The summed E-state index contributed by atoms with van der Waals surface area (Å²) in [6.07, 6.45) is 0. The van der Waals surface area contributed by atoms with Crippen LogP contribution in [0.1, 0.15) is 77.6 Å². The number of benzene rings is 7. The van der Waals surface area contributed by atoms with Crippen LogP contribution in [0.4, 0.5) is 0 Å². The molecule has 3 heterocycles. The molecule has 2 bridgehead atoms. The molecular formula is C56H50N4. The van der Waals surface area contributed by atoms with E-state index in [1.54, 1.807) is 0 Å². The highest BCUT2D eigenvalue weighted by molar-refractivity contribution is 6.13. The van der Waals surface area contributed by atoms with E-state index in [2.05, 4.69) is 181 Å². The molecule has 4 nitrogen and oxygen atoms in total. The second kappa shape index (κ2) is 13.7. The van der Waals surface area contributed by atoms with E-state index in [1.807, 2.05) is 36.4 Å². The minimum absolute atomic E-state index is 0.0149. The predicted molar refractivity (Wildman–Crippen MR) is 251 cm³/mol. The minimum Gasteiger partial charge on any atom is -0.308 e. The van der Waals surface area contributed by atoms with Gasteiger partial charge >= 0.3 is 0 Å². The van der Waals surface area contributed by atoms with E-state index in [0.29, 0.717) is 17.5 Å². The molecule has 0 saturated carbocycles. The van der Waals surface area contributed by atoms with E-state index >= 15 is 0 Å². The molecule has 0 N–H and O–H groups in total. The van der Waals surface area contributed by atoms with Gasteiger partial charge in [0.2, 0.25) is 0 Å². The van der Waals surface area contributed by atoms with Crippen molar-refractivity contribution in [2.75, 3.05) is 0 Å². The van der Waals surface area contributed by atoms with Gasteiger partial charge in [-0.15, -0.1) is 0 Å². The summed E-state index contributed by atoms with van der Waals surface area (Å²) in [5, 5.41) is 2.56. The van der Waals surface area contributed by atoms with Crippen LogP contribution in [-0.2, 0) is 16.2 Å². The zero-order valence-corrected chi connectivity index (χ0v) is 35.8. The quantitative estimate of drug-likeness (QED) is 0.179. The van der Waals surface area contributed by atoms with Crippen molar-refractivity contribution in [1.29, 1.82) is 0 Å². The normalized spacial score (nSPS) is 13.5. The fourth-order valence-electron chi connectivity index (χ4n) is 8.99. The lowest BCUT2D eigenvalue weighted by Gasteiger charge is -2.30. The maximum Gasteiger partial charge on any atom is 0.164 e. The summed E-state index contributed by atoms with van der Waals surface area (Å²) in [6, 6.07) is 57.3. The van der Waals surface area contributed by atoms with E-state index in [0.717, 1.165) is 44.6 Å². The van der Waals surface area contributed by atoms with Gasteiger partial charge in [-0.25, -0.2) is 15.0 Å². The monoisotopic (exact) mass is 778 g/mol. The Hall–Kier alpha value is -6.65. The second-order valence-corrected chi connectivity index (χ2v) is 19.0. The van der Waals surface area contributed by atoms with Crippen molar-refractivity contribution < 1.29 is 0 Å². The van der Waals surface area contributed by atoms with E-state index in [-0.39, 0.29) is 16.2 Å². The second-order valence-electron chi connectivity index (χ2n) is 19.0. The first-order valence-electron chi connectivity index (χ1n) is 21.1. The summed E-state index contributed by atoms with van der Waals surface area (Å²) in [4.78, 5) is 15.5. The third kappa shape index (κ3) is 6.25. The first-order chi connectivity index (χ1) is 28.8. The largest absolute Gasteiger partial charge is 0.308 e. The lowest BCUT2D eigenvalue weighted by Crippen LogP contribution is -2.22. The van der Waals surface area contributed by atoms with Gasteiger partial charge in [0.1, 0.15) is 0 Å². The van der Waals surface area contributed by atoms with Crippen molar-refractivity contribution in [2.24, 2.45) is 0 Å². The highest BCUT2D eigenvalue weighted by Crippen LogP contribution is 2.50. The number of rotatable bonds is 4. The third-order valence-corrected chi connectivity index (χ3v) is 12.5.